The van der Waals surface area contributed by atoms with Gasteiger partial charge in [0.2, 0.25) is 0 Å². The highest BCUT2D eigenvalue weighted by molar-refractivity contribution is 7.91. The molecular weight excluding hydrogens is 272 g/mol. The molecule has 1 heterocycles. The Morgan fingerprint density at radius 2 is 1.80 bits per heavy atom. The van der Waals surface area contributed by atoms with Crippen molar-refractivity contribution in [2.75, 3.05) is 5.75 Å². The molecule has 0 saturated heterocycles. The molecule has 1 atom stereocenters. The first-order valence-electron chi connectivity index (χ1n) is 6.35. The van der Waals surface area contributed by atoms with Gasteiger partial charge in [-0.2, -0.15) is 0 Å². The van der Waals surface area contributed by atoms with Gasteiger partial charge in [0.15, 0.2) is 9.84 Å². The van der Waals surface area contributed by atoms with Crippen LogP contribution in [0.5, 0.6) is 0 Å². The van der Waals surface area contributed by atoms with Gasteiger partial charge in [0.25, 0.3) is 0 Å². The molecule has 0 aliphatic heterocycles. The van der Waals surface area contributed by atoms with Crippen molar-refractivity contribution in [1.29, 1.82) is 0 Å². The van der Waals surface area contributed by atoms with Crippen LogP contribution in [0.3, 0.4) is 0 Å². The van der Waals surface area contributed by atoms with Crippen LogP contribution in [-0.2, 0) is 9.84 Å². The number of hydrogen-bond acceptors (Lipinski definition) is 4. The predicted octanol–water partition coefficient (Wildman–Crippen LogP) is 2.17. The zero-order valence-corrected chi connectivity index (χ0v) is 12.4. The number of nitrogens with zero attached hydrogens (tertiary/aromatic N) is 1. The molecule has 1 unspecified atom stereocenters. The molecule has 0 spiro atoms. The van der Waals surface area contributed by atoms with Gasteiger partial charge in [-0.3, -0.25) is 4.98 Å². The van der Waals surface area contributed by atoms with Crippen LogP contribution in [0.15, 0.2) is 47.6 Å². The highest BCUT2D eigenvalue weighted by atomic mass is 32.2. The third kappa shape index (κ3) is 3.23. The van der Waals surface area contributed by atoms with Crippen molar-refractivity contribution >= 4 is 9.84 Å². The first kappa shape index (κ1) is 14.7. The lowest BCUT2D eigenvalue weighted by molar-refractivity contribution is 0.588. The van der Waals surface area contributed by atoms with Crippen molar-refractivity contribution in [3.8, 4) is 0 Å². The zero-order chi connectivity index (χ0) is 14.8. The smallest absolute Gasteiger partial charge is 0.180 e. The quantitative estimate of drug-likeness (QED) is 0.936. The van der Waals surface area contributed by atoms with Gasteiger partial charge in [-0.25, -0.2) is 8.42 Å². The fourth-order valence-electron chi connectivity index (χ4n) is 2.08. The van der Waals surface area contributed by atoms with Crippen molar-refractivity contribution in [2.45, 2.75) is 24.8 Å². The monoisotopic (exact) mass is 290 g/mol. The average Bonchev–Trinajstić information content (AvgIpc) is 2.42. The summed E-state index contributed by atoms with van der Waals surface area (Å²) in [6.07, 6.45) is 3.22. The Labute approximate surface area is 119 Å². The topological polar surface area (TPSA) is 73.0 Å². The van der Waals surface area contributed by atoms with Crippen LogP contribution in [0.1, 0.15) is 22.7 Å². The van der Waals surface area contributed by atoms with Crippen molar-refractivity contribution in [3.05, 3.63) is 59.4 Å². The lowest BCUT2D eigenvalue weighted by Gasteiger charge is -2.14. The molecule has 0 radical (unpaired) electrons. The SMILES string of the molecule is Cc1ccc(C)c(S(=O)(=O)CC(N)c2ccncc2)c1. The first-order valence-corrected chi connectivity index (χ1v) is 8.01. The number of benzene rings is 1. The van der Waals surface area contributed by atoms with Crippen LogP contribution in [0.25, 0.3) is 0 Å². The van der Waals surface area contributed by atoms with Gasteiger partial charge < -0.3 is 5.73 Å². The number of hydrogen-bond donors (Lipinski definition) is 1. The van der Waals surface area contributed by atoms with Crippen molar-refractivity contribution in [1.82, 2.24) is 4.98 Å². The maximum Gasteiger partial charge on any atom is 0.180 e. The lowest BCUT2D eigenvalue weighted by atomic mass is 10.1. The third-order valence-electron chi connectivity index (χ3n) is 3.21. The van der Waals surface area contributed by atoms with E-state index in [4.69, 9.17) is 5.73 Å². The summed E-state index contributed by atoms with van der Waals surface area (Å²) in [5, 5.41) is 0. The number of aromatic nitrogens is 1. The maximum absolute atomic E-state index is 12.5. The number of aryl methyl sites for hydroxylation is 2. The molecule has 2 N–H and O–H groups in total. The number of rotatable bonds is 4. The highest BCUT2D eigenvalue weighted by Crippen LogP contribution is 2.22. The fraction of sp³-hybridized carbons (Fsp3) is 0.267. The molecule has 0 saturated carbocycles. The van der Waals surface area contributed by atoms with E-state index in [1.807, 2.05) is 19.1 Å². The van der Waals surface area contributed by atoms with E-state index in [1.165, 1.54) is 0 Å². The molecule has 1 aromatic heterocycles. The maximum atomic E-state index is 12.5. The second-order valence-electron chi connectivity index (χ2n) is 4.94. The summed E-state index contributed by atoms with van der Waals surface area (Å²) in [5.41, 5.74) is 8.44. The normalized spacial score (nSPS) is 13.2. The Kier molecular flexibility index (Phi) is 4.20. The Morgan fingerprint density at radius 3 is 2.45 bits per heavy atom. The highest BCUT2D eigenvalue weighted by Gasteiger charge is 2.21. The molecule has 4 nitrogen and oxygen atoms in total. The van der Waals surface area contributed by atoms with E-state index in [9.17, 15) is 8.42 Å². The van der Waals surface area contributed by atoms with Crippen molar-refractivity contribution < 1.29 is 8.42 Å². The summed E-state index contributed by atoms with van der Waals surface area (Å²) in [6.45, 7) is 3.67. The van der Waals surface area contributed by atoms with E-state index < -0.39 is 15.9 Å². The standard InChI is InChI=1S/C15H18N2O2S/c1-11-3-4-12(2)15(9-11)20(18,19)10-14(16)13-5-7-17-8-6-13/h3-9,14H,10,16H2,1-2H3. The average molecular weight is 290 g/mol. The van der Waals surface area contributed by atoms with Crippen LogP contribution < -0.4 is 5.73 Å². The fourth-order valence-corrected chi connectivity index (χ4v) is 3.84. The molecule has 2 aromatic rings. The second kappa shape index (κ2) is 5.73. The van der Waals surface area contributed by atoms with Crippen LogP contribution in [-0.4, -0.2) is 19.2 Å². The van der Waals surface area contributed by atoms with E-state index in [0.717, 1.165) is 16.7 Å². The molecule has 106 valence electrons. The van der Waals surface area contributed by atoms with Crippen LogP contribution in [0, 0.1) is 13.8 Å². The van der Waals surface area contributed by atoms with Gasteiger partial charge in [0, 0.05) is 18.4 Å². The minimum atomic E-state index is -3.41. The Hall–Kier alpha value is -1.72. The van der Waals surface area contributed by atoms with E-state index >= 15 is 0 Å². The molecular formula is C15H18N2O2S. The zero-order valence-electron chi connectivity index (χ0n) is 11.6. The van der Waals surface area contributed by atoms with E-state index in [-0.39, 0.29) is 5.75 Å². The van der Waals surface area contributed by atoms with E-state index in [0.29, 0.717) is 4.90 Å². The van der Waals surface area contributed by atoms with Gasteiger partial charge in [0.05, 0.1) is 10.6 Å². The van der Waals surface area contributed by atoms with Gasteiger partial charge in [-0.1, -0.05) is 12.1 Å². The summed E-state index contributed by atoms with van der Waals surface area (Å²) in [7, 11) is -3.41. The molecule has 5 heteroatoms. The molecule has 0 aliphatic carbocycles. The summed E-state index contributed by atoms with van der Waals surface area (Å²) >= 11 is 0. The lowest BCUT2D eigenvalue weighted by Crippen LogP contribution is -2.22. The van der Waals surface area contributed by atoms with Crippen LogP contribution in [0.4, 0.5) is 0 Å². The molecule has 1 aromatic carbocycles. The van der Waals surface area contributed by atoms with Crippen molar-refractivity contribution in [2.24, 2.45) is 5.73 Å². The van der Waals surface area contributed by atoms with E-state index in [2.05, 4.69) is 4.98 Å². The predicted molar refractivity (Wildman–Crippen MR) is 79.1 cm³/mol. The van der Waals surface area contributed by atoms with Gasteiger partial charge in [-0.15, -0.1) is 0 Å². The molecule has 0 bridgehead atoms. The van der Waals surface area contributed by atoms with Crippen LogP contribution >= 0.6 is 0 Å². The summed E-state index contributed by atoms with van der Waals surface area (Å²) in [6, 6.07) is 8.34. The summed E-state index contributed by atoms with van der Waals surface area (Å²) < 4.78 is 25.0. The molecule has 0 fully saturated rings. The second-order valence-corrected chi connectivity index (χ2v) is 6.94. The number of sulfone groups is 1. The minimum Gasteiger partial charge on any atom is -0.323 e. The third-order valence-corrected chi connectivity index (χ3v) is 5.12. The number of pyridine rings is 1. The molecule has 0 aliphatic rings. The Morgan fingerprint density at radius 1 is 1.15 bits per heavy atom. The van der Waals surface area contributed by atoms with Gasteiger partial charge in [0.1, 0.15) is 0 Å². The summed E-state index contributed by atoms with van der Waals surface area (Å²) in [5.74, 6) is -0.110. The van der Waals surface area contributed by atoms with E-state index in [1.54, 1.807) is 37.5 Å². The summed E-state index contributed by atoms with van der Waals surface area (Å²) in [4.78, 5) is 4.27. The van der Waals surface area contributed by atoms with Crippen molar-refractivity contribution in [3.63, 3.8) is 0 Å². The largest absolute Gasteiger partial charge is 0.323 e. The van der Waals surface area contributed by atoms with Gasteiger partial charge >= 0.3 is 0 Å². The Balaban J connectivity index is 2.30. The number of nitrogens with two attached hydrogens (primary N) is 1. The van der Waals surface area contributed by atoms with Gasteiger partial charge in [-0.05, 0) is 48.7 Å². The first-order chi connectivity index (χ1) is 9.40. The Bertz CT molecular complexity index is 697. The molecule has 0 amide bonds. The minimum absolute atomic E-state index is 0.110. The molecule has 2 rings (SSSR count). The molecule has 20 heavy (non-hydrogen) atoms. The van der Waals surface area contributed by atoms with Crippen LogP contribution in [0.2, 0.25) is 0 Å².